The molecular weight excluding hydrogens is 268 g/mol. The van der Waals surface area contributed by atoms with E-state index in [0.717, 1.165) is 11.1 Å². The third kappa shape index (κ3) is 2.13. The topological polar surface area (TPSA) is 52.6 Å². The van der Waals surface area contributed by atoms with Crippen LogP contribution in [0.5, 0.6) is 0 Å². The van der Waals surface area contributed by atoms with E-state index in [9.17, 15) is 9.59 Å². The first-order chi connectivity index (χ1) is 9.90. The Morgan fingerprint density at radius 3 is 2.81 bits per heavy atom. The van der Waals surface area contributed by atoms with Crippen molar-refractivity contribution in [3.8, 4) is 0 Å². The SMILES string of the molecule is C=C1C=CC2=C(C)C[C@H](OC(C)=O)[C@@H]3[C@H](OC(=O)[C@H]3C)[C@@H]12. The molecule has 21 heavy (non-hydrogen) atoms. The molecule has 0 unspecified atom stereocenters. The summed E-state index contributed by atoms with van der Waals surface area (Å²) in [7, 11) is 0. The monoisotopic (exact) mass is 288 g/mol. The Balaban J connectivity index is 2.05. The Labute approximate surface area is 124 Å². The molecule has 2 aliphatic carbocycles. The van der Waals surface area contributed by atoms with Gasteiger partial charge >= 0.3 is 11.9 Å². The van der Waals surface area contributed by atoms with E-state index in [4.69, 9.17) is 9.47 Å². The van der Waals surface area contributed by atoms with Crippen LogP contribution in [-0.4, -0.2) is 24.1 Å². The third-order valence-electron chi connectivity index (χ3n) is 4.87. The van der Waals surface area contributed by atoms with E-state index in [2.05, 4.69) is 13.5 Å². The van der Waals surface area contributed by atoms with Crippen LogP contribution in [-0.2, 0) is 19.1 Å². The minimum absolute atomic E-state index is 0.00413. The van der Waals surface area contributed by atoms with Gasteiger partial charge in [-0.15, -0.1) is 0 Å². The molecule has 4 nitrogen and oxygen atoms in total. The van der Waals surface area contributed by atoms with Crippen LogP contribution in [0.3, 0.4) is 0 Å². The highest BCUT2D eigenvalue weighted by Crippen LogP contribution is 2.48. The summed E-state index contributed by atoms with van der Waals surface area (Å²) in [6, 6.07) is 0. The molecule has 3 rings (SSSR count). The molecule has 1 aliphatic heterocycles. The van der Waals surface area contributed by atoms with E-state index >= 15 is 0 Å². The largest absolute Gasteiger partial charge is 0.462 e. The van der Waals surface area contributed by atoms with Gasteiger partial charge in [0.2, 0.25) is 0 Å². The lowest BCUT2D eigenvalue weighted by atomic mass is 9.80. The molecule has 0 bridgehead atoms. The summed E-state index contributed by atoms with van der Waals surface area (Å²) < 4.78 is 11.2. The van der Waals surface area contributed by atoms with E-state index in [1.165, 1.54) is 12.5 Å². The Kier molecular flexibility index (Phi) is 3.27. The number of ether oxygens (including phenoxy) is 2. The van der Waals surface area contributed by atoms with Crippen molar-refractivity contribution in [2.75, 3.05) is 0 Å². The van der Waals surface area contributed by atoms with E-state index in [-0.39, 0.29) is 41.9 Å². The minimum atomic E-state index is -0.315. The number of esters is 2. The molecule has 0 amide bonds. The molecule has 0 aromatic rings. The Morgan fingerprint density at radius 1 is 1.43 bits per heavy atom. The number of fused-ring (bicyclic) bond motifs is 3. The zero-order chi connectivity index (χ0) is 15.3. The first-order valence-electron chi connectivity index (χ1n) is 7.34. The summed E-state index contributed by atoms with van der Waals surface area (Å²) in [5.41, 5.74) is 3.30. The van der Waals surface area contributed by atoms with E-state index < -0.39 is 0 Å². The first-order valence-corrected chi connectivity index (χ1v) is 7.34. The highest BCUT2D eigenvalue weighted by molar-refractivity contribution is 5.76. The van der Waals surface area contributed by atoms with Gasteiger partial charge in [-0.1, -0.05) is 31.2 Å². The van der Waals surface area contributed by atoms with Crippen molar-refractivity contribution in [2.45, 2.75) is 39.4 Å². The van der Waals surface area contributed by atoms with Crippen LogP contribution < -0.4 is 0 Å². The maximum absolute atomic E-state index is 12.0. The van der Waals surface area contributed by atoms with Gasteiger partial charge in [0.1, 0.15) is 12.2 Å². The zero-order valence-corrected chi connectivity index (χ0v) is 12.6. The van der Waals surface area contributed by atoms with Gasteiger partial charge in [0.25, 0.3) is 0 Å². The van der Waals surface area contributed by atoms with Crippen molar-refractivity contribution in [2.24, 2.45) is 17.8 Å². The van der Waals surface area contributed by atoms with Gasteiger partial charge in [0.15, 0.2) is 0 Å². The standard InChI is InChI=1S/C17H20O4/c1-8-5-6-12-9(2)7-13(20-11(4)18)15-10(3)17(19)21-16(15)14(8)12/h5-6,10,13-16H,1,7H2,2-4H3/t10-,13-,14-,15+,16+/m0/s1. The number of hydrogen-bond donors (Lipinski definition) is 0. The van der Waals surface area contributed by atoms with E-state index in [1.54, 1.807) is 0 Å². The second-order valence-electron chi connectivity index (χ2n) is 6.24. The average Bonchev–Trinajstić information content (AvgIpc) is 2.86. The van der Waals surface area contributed by atoms with E-state index in [1.807, 2.05) is 19.1 Å². The molecule has 0 aromatic heterocycles. The molecule has 1 fully saturated rings. The van der Waals surface area contributed by atoms with Crippen LogP contribution >= 0.6 is 0 Å². The molecule has 0 spiro atoms. The fourth-order valence-corrected chi connectivity index (χ4v) is 3.87. The van der Waals surface area contributed by atoms with Crippen molar-refractivity contribution in [1.82, 2.24) is 0 Å². The maximum Gasteiger partial charge on any atom is 0.309 e. The minimum Gasteiger partial charge on any atom is -0.462 e. The summed E-state index contributed by atoms with van der Waals surface area (Å²) >= 11 is 0. The maximum atomic E-state index is 12.0. The lowest BCUT2D eigenvalue weighted by Gasteiger charge is -2.29. The molecule has 5 atom stereocenters. The van der Waals surface area contributed by atoms with Crippen LogP contribution in [0, 0.1) is 17.8 Å². The number of carbonyl (C=O) groups excluding carboxylic acids is 2. The van der Waals surface area contributed by atoms with Crippen LogP contribution in [0.1, 0.15) is 27.2 Å². The molecule has 0 radical (unpaired) electrons. The summed E-state index contributed by atoms with van der Waals surface area (Å²) in [4.78, 5) is 23.5. The normalized spacial score (nSPS) is 38.0. The molecule has 112 valence electrons. The third-order valence-corrected chi connectivity index (χ3v) is 4.87. The smallest absolute Gasteiger partial charge is 0.309 e. The molecule has 1 saturated heterocycles. The molecule has 0 saturated carbocycles. The van der Waals surface area contributed by atoms with Gasteiger partial charge in [-0.25, -0.2) is 0 Å². The predicted molar refractivity (Wildman–Crippen MR) is 77.2 cm³/mol. The second-order valence-corrected chi connectivity index (χ2v) is 6.24. The summed E-state index contributed by atoms with van der Waals surface area (Å²) in [5.74, 6) is -0.898. The fraction of sp³-hybridized carbons (Fsp3) is 0.529. The van der Waals surface area contributed by atoms with Crippen molar-refractivity contribution in [3.05, 3.63) is 35.5 Å². The Morgan fingerprint density at radius 2 is 2.14 bits per heavy atom. The van der Waals surface area contributed by atoms with Gasteiger partial charge in [0.05, 0.1) is 5.92 Å². The zero-order valence-electron chi connectivity index (χ0n) is 12.6. The van der Waals surface area contributed by atoms with Crippen molar-refractivity contribution >= 4 is 11.9 Å². The number of carbonyl (C=O) groups is 2. The Hall–Kier alpha value is -1.84. The average molecular weight is 288 g/mol. The van der Waals surface area contributed by atoms with Crippen LogP contribution in [0.15, 0.2) is 35.5 Å². The number of hydrogen-bond acceptors (Lipinski definition) is 4. The summed E-state index contributed by atoms with van der Waals surface area (Å²) in [6.45, 7) is 9.41. The van der Waals surface area contributed by atoms with Gasteiger partial charge in [-0.2, -0.15) is 0 Å². The second kappa shape index (κ2) is 4.86. The quantitative estimate of drug-likeness (QED) is 0.696. The van der Waals surface area contributed by atoms with Gasteiger partial charge < -0.3 is 9.47 Å². The molecule has 3 aliphatic rings. The fourth-order valence-electron chi connectivity index (χ4n) is 3.87. The van der Waals surface area contributed by atoms with E-state index in [0.29, 0.717) is 6.42 Å². The number of rotatable bonds is 1. The first kappa shape index (κ1) is 14.1. The lowest BCUT2D eigenvalue weighted by Crippen LogP contribution is -2.37. The predicted octanol–water partition coefficient (Wildman–Crippen LogP) is 2.56. The van der Waals surface area contributed by atoms with Crippen molar-refractivity contribution in [1.29, 1.82) is 0 Å². The van der Waals surface area contributed by atoms with Gasteiger partial charge in [-0.05, 0) is 18.1 Å². The number of allylic oxidation sites excluding steroid dienone is 2. The summed E-state index contributed by atoms with van der Waals surface area (Å²) in [5, 5.41) is 0. The molecular formula is C17H20O4. The molecule has 1 heterocycles. The van der Waals surface area contributed by atoms with Crippen molar-refractivity contribution < 1.29 is 19.1 Å². The molecule has 4 heteroatoms. The summed E-state index contributed by atoms with van der Waals surface area (Å²) in [6.07, 6.45) is 4.08. The highest BCUT2D eigenvalue weighted by Gasteiger charge is 2.53. The Bertz CT molecular complexity index is 584. The highest BCUT2D eigenvalue weighted by atomic mass is 16.6. The van der Waals surface area contributed by atoms with Crippen LogP contribution in [0.2, 0.25) is 0 Å². The lowest BCUT2D eigenvalue weighted by molar-refractivity contribution is -0.150. The van der Waals surface area contributed by atoms with Crippen LogP contribution in [0.4, 0.5) is 0 Å². The van der Waals surface area contributed by atoms with Crippen LogP contribution in [0.25, 0.3) is 0 Å². The van der Waals surface area contributed by atoms with Crippen molar-refractivity contribution in [3.63, 3.8) is 0 Å². The molecule has 0 N–H and O–H groups in total. The van der Waals surface area contributed by atoms with Gasteiger partial charge in [-0.3, -0.25) is 9.59 Å². The van der Waals surface area contributed by atoms with Gasteiger partial charge in [0, 0.05) is 25.2 Å². The molecule has 0 aromatic carbocycles.